The summed E-state index contributed by atoms with van der Waals surface area (Å²) in [6.07, 6.45) is 6.73. The molecule has 2 aliphatic rings. The first-order valence-corrected chi connectivity index (χ1v) is 13.2. The molecule has 1 atom stereocenters. The molecule has 1 unspecified atom stereocenters. The molecule has 0 saturated heterocycles. The molecule has 3 aromatic rings. The molecule has 0 spiro atoms. The fourth-order valence-electron chi connectivity index (χ4n) is 3.83. The zero-order chi connectivity index (χ0) is 24.6. The minimum absolute atomic E-state index is 0. The zero-order valence-electron chi connectivity index (χ0n) is 21.6. The summed E-state index contributed by atoms with van der Waals surface area (Å²) in [5, 5.41) is 0. The van der Waals surface area contributed by atoms with Crippen LogP contribution in [0.4, 0.5) is 0 Å². The van der Waals surface area contributed by atoms with Crippen molar-refractivity contribution in [2.45, 2.75) is 41.0 Å². The van der Waals surface area contributed by atoms with Crippen LogP contribution < -0.4 is 0 Å². The minimum Gasteiger partial charge on any atom is -0.184 e. The molecule has 0 saturated carbocycles. The number of fused-ring (bicyclic) bond motifs is 3. The Balaban J connectivity index is 0. The van der Waals surface area contributed by atoms with E-state index in [2.05, 4.69) is 99.5 Å². The normalized spacial score (nSPS) is 13.4. The fraction of sp³-hybridized carbons (Fsp3) is 0.250. The summed E-state index contributed by atoms with van der Waals surface area (Å²) in [5.41, 5.74) is 8.34. The van der Waals surface area contributed by atoms with Gasteiger partial charge in [0, 0.05) is 0 Å². The molecule has 0 aromatic heterocycles. The Morgan fingerprint density at radius 1 is 0.886 bits per heavy atom. The van der Waals surface area contributed by atoms with Gasteiger partial charge in [-0.3, -0.25) is 6.08 Å². The molecule has 0 amide bonds. The first-order chi connectivity index (χ1) is 16.1. The maximum Gasteiger partial charge on any atom is -0.0253 e. The van der Waals surface area contributed by atoms with Gasteiger partial charge in [-0.15, -0.1) is 30.4 Å². The summed E-state index contributed by atoms with van der Waals surface area (Å²) in [5.74, 6) is 1.20. The molecule has 5 rings (SSSR count). The minimum atomic E-state index is 0. The topological polar surface area (TPSA) is 0 Å². The third-order valence-electron chi connectivity index (χ3n) is 5.15. The van der Waals surface area contributed by atoms with Crippen molar-refractivity contribution >= 4 is 29.0 Å². The predicted molar refractivity (Wildman–Crippen MR) is 156 cm³/mol. The van der Waals surface area contributed by atoms with Crippen molar-refractivity contribution in [3.63, 3.8) is 0 Å². The largest absolute Gasteiger partial charge is 0.184 e. The standard InChI is InChI=1S/C13H9.C10H15.C6H5.C2H5.CH2.2ClH.Zr/c1-3-7-12-10(5-1)9-11-6-2-4-8-13(11)12;1-7(2)10-6-8(3)5-9(10)4;1-2-4-6-5-3-1;1-2;;;;/h1-5,7-8H,9H2;6-8H,1-4H3;1-5H;1H2,2H3;1H2;2*1H;/q4*-1;;;;. The second kappa shape index (κ2) is 20.6. The summed E-state index contributed by atoms with van der Waals surface area (Å²) in [7, 11) is 0. The molecule has 0 aliphatic heterocycles. The summed E-state index contributed by atoms with van der Waals surface area (Å²) in [6, 6.07) is 30.6. The van der Waals surface area contributed by atoms with Gasteiger partial charge < -0.3 is 6.92 Å². The van der Waals surface area contributed by atoms with E-state index in [1.165, 1.54) is 57.6 Å². The number of allylic oxidation sites excluding steroid dienone is 4. The van der Waals surface area contributed by atoms with E-state index in [0.717, 1.165) is 6.42 Å². The van der Waals surface area contributed by atoms with Crippen LogP contribution in [0.25, 0.3) is 11.1 Å². The van der Waals surface area contributed by atoms with Gasteiger partial charge in [0.25, 0.3) is 0 Å². The second-order valence-electron chi connectivity index (χ2n) is 7.81. The maximum absolute atomic E-state index is 3.37. The van der Waals surface area contributed by atoms with Crippen LogP contribution in [0.5, 0.6) is 0 Å². The number of hydrogen-bond acceptors (Lipinski definition) is 0. The molecule has 0 N–H and O–H groups in total. The Morgan fingerprint density at radius 3 is 1.94 bits per heavy atom. The van der Waals surface area contributed by atoms with Crippen LogP contribution in [0.1, 0.15) is 45.7 Å². The van der Waals surface area contributed by atoms with Crippen molar-refractivity contribution in [1.29, 1.82) is 0 Å². The molecule has 0 radical (unpaired) electrons. The summed E-state index contributed by atoms with van der Waals surface area (Å²) in [6.45, 7) is 13.8. The average Bonchev–Trinajstić information content (AvgIpc) is 3.42. The first kappa shape index (κ1) is 35.6. The number of hydrogen-bond donors (Lipinski definition) is 0. The van der Waals surface area contributed by atoms with E-state index >= 15 is 0 Å². The van der Waals surface area contributed by atoms with Crippen molar-refractivity contribution in [3.8, 4) is 11.1 Å². The van der Waals surface area contributed by atoms with Gasteiger partial charge in [0.05, 0.1) is 0 Å². The fourth-order valence-corrected chi connectivity index (χ4v) is 3.83. The monoisotopic (exact) mass is 582 g/mol. The molecular weight excluding hydrogens is 546 g/mol. The molecule has 0 fully saturated rings. The summed E-state index contributed by atoms with van der Waals surface area (Å²) < 4.78 is 3.34. The molecule has 0 heterocycles. The molecule has 3 heteroatoms. The Hall–Kier alpha value is -1.53. The van der Waals surface area contributed by atoms with E-state index in [0.29, 0.717) is 11.8 Å². The third-order valence-corrected chi connectivity index (χ3v) is 5.15. The van der Waals surface area contributed by atoms with Crippen molar-refractivity contribution < 1.29 is 24.2 Å². The van der Waals surface area contributed by atoms with Gasteiger partial charge in [-0.05, 0) is 6.42 Å². The van der Waals surface area contributed by atoms with Crippen LogP contribution in [-0.4, -0.2) is 4.21 Å². The van der Waals surface area contributed by atoms with Gasteiger partial charge in [-0.2, -0.15) is 84.8 Å². The molecule has 0 bridgehead atoms. The molecule has 2 aliphatic carbocycles. The molecule has 0 nitrogen and oxygen atoms in total. The van der Waals surface area contributed by atoms with Crippen LogP contribution >= 0.6 is 24.8 Å². The van der Waals surface area contributed by atoms with Gasteiger partial charge in [0.15, 0.2) is 0 Å². The van der Waals surface area contributed by atoms with E-state index < -0.39 is 0 Å². The molecule has 35 heavy (non-hydrogen) atoms. The van der Waals surface area contributed by atoms with Crippen molar-refractivity contribution in [3.05, 3.63) is 126 Å². The van der Waals surface area contributed by atoms with Crippen LogP contribution in [0.2, 0.25) is 0 Å². The van der Waals surface area contributed by atoms with Crippen molar-refractivity contribution in [2.24, 2.45) is 11.8 Å². The Labute approximate surface area is 242 Å². The number of rotatable bonds is 1. The zero-order valence-corrected chi connectivity index (χ0v) is 25.7. The SMILES string of the molecule is CC1=[C-]C(C)C=C1C(C)C.Cl.Cl.[CH2-]C.[CH2]=[Zr].[c-]1cccc2c1Cc1ccccc1-2.[c-]1ccccc1. The maximum atomic E-state index is 3.37. The van der Waals surface area contributed by atoms with Crippen LogP contribution in [0, 0.1) is 37.0 Å². The number of halogens is 2. The van der Waals surface area contributed by atoms with Crippen molar-refractivity contribution in [1.82, 2.24) is 0 Å². The second-order valence-corrected chi connectivity index (χ2v) is 7.81. The van der Waals surface area contributed by atoms with Crippen LogP contribution in [0.15, 0.2) is 90.0 Å². The van der Waals surface area contributed by atoms with E-state index in [1.54, 1.807) is 6.92 Å². The van der Waals surface area contributed by atoms with E-state index in [-0.39, 0.29) is 24.8 Å². The molecular formula is C32H38Cl2Zr-4. The van der Waals surface area contributed by atoms with Crippen LogP contribution in [0.3, 0.4) is 0 Å². The summed E-state index contributed by atoms with van der Waals surface area (Å²) in [4.78, 5) is 0. The Bertz CT molecular complexity index is 937. The van der Waals surface area contributed by atoms with E-state index in [1.807, 2.05) is 36.4 Å². The molecule has 188 valence electrons. The van der Waals surface area contributed by atoms with Crippen LogP contribution in [-0.2, 0) is 30.7 Å². The average molecular weight is 585 g/mol. The predicted octanol–water partition coefficient (Wildman–Crippen LogP) is 9.16. The molecule has 3 aromatic carbocycles. The first-order valence-electron chi connectivity index (χ1n) is 11.4. The third kappa shape index (κ3) is 11.8. The van der Waals surface area contributed by atoms with Gasteiger partial charge in [-0.25, -0.2) is 5.57 Å². The quantitative estimate of drug-likeness (QED) is 0.196. The smallest absolute Gasteiger partial charge is 0.0253 e. The Kier molecular flexibility index (Phi) is 21.0. The van der Waals surface area contributed by atoms with Gasteiger partial charge in [0.1, 0.15) is 0 Å². The summed E-state index contributed by atoms with van der Waals surface area (Å²) >= 11 is 1.30. The Morgan fingerprint density at radius 2 is 1.49 bits per heavy atom. The van der Waals surface area contributed by atoms with E-state index in [4.69, 9.17) is 0 Å². The van der Waals surface area contributed by atoms with Gasteiger partial charge in [-0.1, -0.05) is 74.9 Å². The van der Waals surface area contributed by atoms with Gasteiger partial charge in [0.2, 0.25) is 0 Å². The number of benzene rings is 3. The van der Waals surface area contributed by atoms with E-state index in [9.17, 15) is 0 Å². The van der Waals surface area contributed by atoms with Gasteiger partial charge >= 0.3 is 28.4 Å². The van der Waals surface area contributed by atoms with Crippen molar-refractivity contribution in [2.75, 3.05) is 0 Å².